The lowest BCUT2D eigenvalue weighted by Crippen LogP contribution is -2.26. The number of aromatic nitrogens is 1. The van der Waals surface area contributed by atoms with E-state index in [2.05, 4.69) is 37.0 Å². The quantitative estimate of drug-likeness (QED) is 0.841. The first-order valence-electron chi connectivity index (χ1n) is 7.41. The third kappa shape index (κ3) is 2.42. The van der Waals surface area contributed by atoms with Crippen molar-refractivity contribution in [2.75, 3.05) is 0 Å². The van der Waals surface area contributed by atoms with Gasteiger partial charge in [-0.2, -0.15) is 0 Å². The molecular formula is C17H23NO. The second-order valence-corrected chi connectivity index (χ2v) is 6.09. The Morgan fingerprint density at radius 3 is 2.79 bits per heavy atom. The lowest BCUT2D eigenvalue weighted by Gasteiger charge is -2.27. The van der Waals surface area contributed by atoms with Gasteiger partial charge >= 0.3 is 0 Å². The van der Waals surface area contributed by atoms with Crippen molar-refractivity contribution < 1.29 is 5.11 Å². The van der Waals surface area contributed by atoms with Crippen molar-refractivity contribution in [3.8, 4) is 0 Å². The fourth-order valence-electron chi connectivity index (χ4n) is 3.46. The maximum absolute atomic E-state index is 10.2. The minimum Gasteiger partial charge on any atom is -0.393 e. The number of fused-ring (bicyclic) bond motifs is 1. The smallest absolute Gasteiger partial charge is 0.0571 e. The van der Waals surface area contributed by atoms with Gasteiger partial charge in [0.05, 0.1) is 6.10 Å². The maximum Gasteiger partial charge on any atom is 0.0571 e. The van der Waals surface area contributed by atoms with E-state index in [9.17, 15) is 5.11 Å². The third-order valence-corrected chi connectivity index (χ3v) is 4.61. The summed E-state index contributed by atoms with van der Waals surface area (Å²) in [5.41, 5.74) is 5.19. The molecule has 0 aliphatic heterocycles. The molecule has 19 heavy (non-hydrogen) atoms. The first-order valence-corrected chi connectivity index (χ1v) is 7.41. The van der Waals surface area contributed by atoms with E-state index in [0.29, 0.717) is 5.92 Å². The molecule has 0 bridgehead atoms. The number of aryl methyl sites for hydroxylation is 2. The van der Waals surface area contributed by atoms with Crippen LogP contribution in [0.1, 0.15) is 42.5 Å². The van der Waals surface area contributed by atoms with Gasteiger partial charge in [0.2, 0.25) is 0 Å². The zero-order valence-electron chi connectivity index (χ0n) is 11.9. The highest BCUT2D eigenvalue weighted by Crippen LogP contribution is 2.31. The Morgan fingerprint density at radius 2 is 2.00 bits per heavy atom. The van der Waals surface area contributed by atoms with E-state index >= 15 is 0 Å². The van der Waals surface area contributed by atoms with Gasteiger partial charge in [0.15, 0.2) is 0 Å². The number of aliphatic hydroxyl groups excluding tert-OH is 1. The molecule has 1 fully saturated rings. The number of hydrogen-bond acceptors (Lipinski definition) is 1. The van der Waals surface area contributed by atoms with Crippen molar-refractivity contribution in [1.82, 2.24) is 4.98 Å². The molecule has 0 radical (unpaired) electrons. The summed E-state index contributed by atoms with van der Waals surface area (Å²) in [6.07, 6.45) is 5.50. The first-order chi connectivity index (χ1) is 9.15. The summed E-state index contributed by atoms with van der Waals surface area (Å²) in [6, 6.07) is 6.61. The van der Waals surface area contributed by atoms with Crippen LogP contribution in [0.4, 0.5) is 0 Å². The standard InChI is InChI=1S/C17H23NO/c1-11-7-8-14-15(12(2)18-16(14)9-11)10-13-5-3-4-6-17(13)19/h7-9,13,17-19H,3-6,10H2,1-2H3. The van der Waals surface area contributed by atoms with Crippen LogP contribution in [0.5, 0.6) is 0 Å². The predicted molar refractivity (Wildman–Crippen MR) is 79.4 cm³/mol. The van der Waals surface area contributed by atoms with Gasteiger partial charge in [-0.25, -0.2) is 0 Å². The molecule has 2 heteroatoms. The van der Waals surface area contributed by atoms with Gasteiger partial charge in [-0.1, -0.05) is 25.0 Å². The lowest BCUT2D eigenvalue weighted by atomic mass is 9.82. The van der Waals surface area contributed by atoms with Crippen LogP contribution in [0, 0.1) is 19.8 Å². The number of aliphatic hydroxyl groups is 1. The fraction of sp³-hybridized carbons (Fsp3) is 0.529. The molecule has 0 spiro atoms. The van der Waals surface area contributed by atoms with Crippen LogP contribution in [0.25, 0.3) is 10.9 Å². The summed E-state index contributed by atoms with van der Waals surface area (Å²) in [5, 5.41) is 11.5. The van der Waals surface area contributed by atoms with Crippen LogP contribution in [0.15, 0.2) is 18.2 Å². The van der Waals surface area contributed by atoms with Crippen molar-refractivity contribution in [3.05, 3.63) is 35.0 Å². The molecule has 3 rings (SSSR count). The van der Waals surface area contributed by atoms with Crippen LogP contribution >= 0.6 is 0 Å². The number of nitrogens with one attached hydrogen (secondary N) is 1. The van der Waals surface area contributed by atoms with Gasteiger partial charge in [0, 0.05) is 16.6 Å². The molecule has 2 atom stereocenters. The topological polar surface area (TPSA) is 36.0 Å². The van der Waals surface area contributed by atoms with Gasteiger partial charge in [0.1, 0.15) is 0 Å². The van der Waals surface area contributed by atoms with Crippen LogP contribution in [0.3, 0.4) is 0 Å². The summed E-state index contributed by atoms with van der Waals surface area (Å²) in [6.45, 7) is 4.28. The highest BCUT2D eigenvalue weighted by atomic mass is 16.3. The Balaban J connectivity index is 1.93. The van der Waals surface area contributed by atoms with E-state index in [1.54, 1.807) is 0 Å². The number of H-pyrrole nitrogens is 1. The molecule has 1 saturated carbocycles. The molecular weight excluding hydrogens is 234 g/mol. The highest BCUT2D eigenvalue weighted by molar-refractivity contribution is 5.85. The van der Waals surface area contributed by atoms with E-state index in [4.69, 9.17) is 0 Å². The zero-order chi connectivity index (χ0) is 13.4. The summed E-state index contributed by atoms with van der Waals surface area (Å²) >= 11 is 0. The second-order valence-electron chi connectivity index (χ2n) is 6.09. The van der Waals surface area contributed by atoms with Crippen molar-refractivity contribution >= 4 is 10.9 Å². The lowest BCUT2D eigenvalue weighted by molar-refractivity contribution is 0.0701. The van der Waals surface area contributed by atoms with Crippen LogP contribution in [0.2, 0.25) is 0 Å². The number of aromatic amines is 1. The monoisotopic (exact) mass is 257 g/mol. The first kappa shape index (κ1) is 12.7. The summed E-state index contributed by atoms with van der Waals surface area (Å²) in [4.78, 5) is 3.49. The Morgan fingerprint density at radius 1 is 1.21 bits per heavy atom. The summed E-state index contributed by atoms with van der Waals surface area (Å²) < 4.78 is 0. The average Bonchev–Trinajstić information content (AvgIpc) is 2.68. The Labute approximate surface area is 114 Å². The van der Waals surface area contributed by atoms with E-state index in [-0.39, 0.29) is 6.10 Å². The molecule has 1 aliphatic rings. The summed E-state index contributed by atoms with van der Waals surface area (Å²) in [5.74, 6) is 0.438. The number of benzene rings is 1. The van der Waals surface area contributed by atoms with Gasteiger partial charge in [-0.3, -0.25) is 0 Å². The maximum atomic E-state index is 10.2. The zero-order valence-corrected chi connectivity index (χ0v) is 11.9. The molecule has 2 N–H and O–H groups in total. The highest BCUT2D eigenvalue weighted by Gasteiger charge is 2.24. The van der Waals surface area contributed by atoms with Crippen molar-refractivity contribution in [2.45, 2.75) is 52.1 Å². The minimum absolute atomic E-state index is 0.108. The SMILES string of the molecule is Cc1ccc2c(CC3CCCCC3O)c(C)[nH]c2c1. The normalized spacial score (nSPS) is 23.9. The van der Waals surface area contributed by atoms with E-state index in [1.807, 2.05) is 0 Å². The van der Waals surface area contributed by atoms with E-state index in [1.165, 1.54) is 47.0 Å². The predicted octanol–water partition coefficient (Wildman–Crippen LogP) is 3.88. The van der Waals surface area contributed by atoms with Crippen LogP contribution in [-0.4, -0.2) is 16.2 Å². The second kappa shape index (κ2) is 5.01. The van der Waals surface area contributed by atoms with E-state index in [0.717, 1.165) is 12.8 Å². The number of rotatable bonds is 2. The molecule has 2 aromatic rings. The molecule has 1 aromatic heterocycles. The van der Waals surface area contributed by atoms with E-state index < -0.39 is 0 Å². The Bertz CT molecular complexity index is 584. The van der Waals surface area contributed by atoms with Gasteiger partial charge < -0.3 is 10.1 Å². The van der Waals surface area contributed by atoms with Gasteiger partial charge in [-0.05, 0) is 56.2 Å². The van der Waals surface area contributed by atoms with Crippen LogP contribution in [-0.2, 0) is 6.42 Å². The molecule has 2 nitrogen and oxygen atoms in total. The van der Waals surface area contributed by atoms with Gasteiger partial charge in [-0.15, -0.1) is 0 Å². The van der Waals surface area contributed by atoms with Crippen LogP contribution < -0.4 is 0 Å². The average molecular weight is 257 g/mol. The fourth-order valence-corrected chi connectivity index (χ4v) is 3.46. The van der Waals surface area contributed by atoms with Gasteiger partial charge in [0.25, 0.3) is 0 Å². The largest absolute Gasteiger partial charge is 0.393 e. The molecule has 2 unspecified atom stereocenters. The third-order valence-electron chi connectivity index (χ3n) is 4.61. The van der Waals surface area contributed by atoms with Crippen molar-refractivity contribution in [2.24, 2.45) is 5.92 Å². The molecule has 0 amide bonds. The minimum atomic E-state index is -0.108. The molecule has 0 saturated heterocycles. The summed E-state index contributed by atoms with van der Waals surface area (Å²) in [7, 11) is 0. The number of hydrogen-bond donors (Lipinski definition) is 2. The Kier molecular flexibility index (Phi) is 3.36. The van der Waals surface area contributed by atoms with Crippen molar-refractivity contribution in [3.63, 3.8) is 0 Å². The molecule has 1 heterocycles. The Hall–Kier alpha value is -1.28. The van der Waals surface area contributed by atoms with Crippen molar-refractivity contribution in [1.29, 1.82) is 0 Å². The molecule has 1 aromatic carbocycles. The molecule has 1 aliphatic carbocycles. The molecule has 102 valence electrons.